The molecule has 0 radical (unpaired) electrons. The van der Waals surface area contributed by atoms with E-state index >= 15 is 0 Å². The minimum Gasteiger partial charge on any atom is -0.347 e. The first kappa shape index (κ1) is 14.4. The number of piperazine rings is 1. The second-order valence-corrected chi connectivity index (χ2v) is 6.04. The molecule has 0 bridgehead atoms. The number of fused-ring (bicyclic) bond motifs is 1. The van der Waals surface area contributed by atoms with Crippen molar-refractivity contribution in [3.05, 3.63) is 35.5 Å². The number of hydrogen-bond acceptors (Lipinski definition) is 2. The van der Waals surface area contributed by atoms with E-state index in [4.69, 9.17) is 11.6 Å². The lowest BCUT2D eigenvalue weighted by Crippen LogP contribution is -2.52. The maximum absolute atomic E-state index is 12.4. The molecule has 5 heteroatoms. The predicted octanol–water partition coefficient (Wildman–Crippen LogP) is 2.51. The van der Waals surface area contributed by atoms with Crippen LogP contribution in [0.15, 0.2) is 30.5 Å². The molecule has 1 aromatic carbocycles. The Hall–Kier alpha value is -1.52. The van der Waals surface area contributed by atoms with Gasteiger partial charge in [0, 0.05) is 60.8 Å². The van der Waals surface area contributed by atoms with Gasteiger partial charge in [-0.05, 0) is 31.2 Å². The van der Waals surface area contributed by atoms with Gasteiger partial charge in [0.15, 0.2) is 0 Å². The first-order valence-corrected chi connectivity index (χ1v) is 7.77. The van der Waals surface area contributed by atoms with E-state index in [9.17, 15) is 4.79 Å². The van der Waals surface area contributed by atoms with Crippen LogP contribution in [0.2, 0.25) is 5.02 Å². The molecule has 0 aliphatic carbocycles. The molecule has 4 nitrogen and oxygen atoms in total. The van der Waals surface area contributed by atoms with Gasteiger partial charge < -0.3 is 14.8 Å². The lowest BCUT2D eigenvalue weighted by molar-refractivity contribution is -0.134. The van der Waals surface area contributed by atoms with Crippen LogP contribution in [0.25, 0.3) is 10.9 Å². The van der Waals surface area contributed by atoms with Crippen LogP contribution in [0.1, 0.15) is 13.3 Å². The van der Waals surface area contributed by atoms with Gasteiger partial charge in [0.2, 0.25) is 5.91 Å². The van der Waals surface area contributed by atoms with Crippen LogP contribution in [0.4, 0.5) is 0 Å². The van der Waals surface area contributed by atoms with Gasteiger partial charge in [0.05, 0.1) is 0 Å². The smallest absolute Gasteiger partial charge is 0.224 e. The quantitative estimate of drug-likeness (QED) is 0.946. The van der Waals surface area contributed by atoms with Gasteiger partial charge in [0.1, 0.15) is 0 Å². The standard InChI is InChI=1S/C16H20ClN3O/c1-12-11-18-6-9-20(12)16(21)5-8-19-7-4-13-10-14(17)2-3-15(13)19/h2-4,7,10,12,18H,5-6,8-9,11H2,1H3. The van der Waals surface area contributed by atoms with Gasteiger partial charge in [-0.15, -0.1) is 0 Å². The van der Waals surface area contributed by atoms with Crippen molar-refractivity contribution in [2.75, 3.05) is 19.6 Å². The third-order valence-corrected chi connectivity index (χ3v) is 4.36. The van der Waals surface area contributed by atoms with Crippen LogP contribution in [0.5, 0.6) is 0 Å². The molecule has 1 unspecified atom stereocenters. The van der Waals surface area contributed by atoms with E-state index in [1.54, 1.807) is 0 Å². The summed E-state index contributed by atoms with van der Waals surface area (Å²) in [7, 11) is 0. The number of nitrogens with zero attached hydrogens (tertiary/aromatic N) is 2. The van der Waals surface area contributed by atoms with Gasteiger partial charge in [-0.2, -0.15) is 0 Å². The summed E-state index contributed by atoms with van der Waals surface area (Å²) in [5, 5.41) is 5.16. The molecule has 1 aliphatic rings. The van der Waals surface area contributed by atoms with Gasteiger partial charge >= 0.3 is 0 Å². The molecule has 21 heavy (non-hydrogen) atoms. The maximum Gasteiger partial charge on any atom is 0.224 e. The van der Waals surface area contributed by atoms with Crippen molar-refractivity contribution in [1.82, 2.24) is 14.8 Å². The van der Waals surface area contributed by atoms with Crippen LogP contribution in [-0.2, 0) is 11.3 Å². The van der Waals surface area contributed by atoms with Gasteiger partial charge in [-0.25, -0.2) is 0 Å². The van der Waals surface area contributed by atoms with E-state index in [2.05, 4.69) is 16.8 Å². The Bertz CT molecular complexity index is 652. The molecule has 3 rings (SSSR count). The van der Waals surface area contributed by atoms with Crippen molar-refractivity contribution in [3.63, 3.8) is 0 Å². The fraction of sp³-hybridized carbons (Fsp3) is 0.438. The molecular formula is C16H20ClN3O. The number of hydrogen-bond donors (Lipinski definition) is 1. The zero-order chi connectivity index (χ0) is 14.8. The topological polar surface area (TPSA) is 37.3 Å². The van der Waals surface area contributed by atoms with Crippen LogP contribution in [0, 0.1) is 0 Å². The number of aromatic nitrogens is 1. The van der Waals surface area contributed by atoms with Crippen molar-refractivity contribution in [2.24, 2.45) is 0 Å². The minimum absolute atomic E-state index is 0.236. The highest BCUT2D eigenvalue weighted by molar-refractivity contribution is 6.31. The molecule has 0 saturated carbocycles. The summed E-state index contributed by atoms with van der Waals surface area (Å²) in [6.45, 7) is 5.39. The van der Waals surface area contributed by atoms with Crippen LogP contribution in [0.3, 0.4) is 0 Å². The average Bonchev–Trinajstić information content (AvgIpc) is 2.87. The molecule has 1 amide bonds. The number of carbonyl (C=O) groups excluding carboxylic acids is 1. The van der Waals surface area contributed by atoms with Crippen LogP contribution in [-0.4, -0.2) is 41.1 Å². The molecule has 1 atom stereocenters. The molecule has 2 heterocycles. The SMILES string of the molecule is CC1CNCCN1C(=O)CCn1ccc2cc(Cl)ccc21. The Morgan fingerprint density at radius 1 is 1.43 bits per heavy atom. The van der Waals surface area contributed by atoms with E-state index in [1.807, 2.05) is 35.4 Å². The van der Waals surface area contributed by atoms with Crippen LogP contribution >= 0.6 is 11.6 Å². The fourth-order valence-corrected chi connectivity index (χ4v) is 3.12. The summed E-state index contributed by atoms with van der Waals surface area (Å²) in [6, 6.07) is 8.18. The van der Waals surface area contributed by atoms with E-state index < -0.39 is 0 Å². The number of nitrogens with one attached hydrogen (secondary N) is 1. The molecular weight excluding hydrogens is 286 g/mol. The molecule has 1 fully saturated rings. The molecule has 0 spiro atoms. The zero-order valence-corrected chi connectivity index (χ0v) is 12.9. The summed E-state index contributed by atoms with van der Waals surface area (Å²) in [5.74, 6) is 0.236. The zero-order valence-electron chi connectivity index (χ0n) is 12.2. The lowest BCUT2D eigenvalue weighted by Gasteiger charge is -2.34. The Balaban J connectivity index is 1.67. The normalized spacial score (nSPS) is 19.1. The number of rotatable bonds is 3. The van der Waals surface area contributed by atoms with Crippen molar-refractivity contribution in [2.45, 2.75) is 25.9 Å². The Morgan fingerprint density at radius 2 is 2.29 bits per heavy atom. The van der Waals surface area contributed by atoms with Crippen molar-refractivity contribution in [3.8, 4) is 0 Å². The highest BCUT2D eigenvalue weighted by atomic mass is 35.5. The molecule has 2 aromatic rings. The fourth-order valence-electron chi connectivity index (χ4n) is 2.94. The third-order valence-electron chi connectivity index (χ3n) is 4.12. The summed E-state index contributed by atoms with van der Waals surface area (Å²) >= 11 is 6.00. The molecule has 1 aromatic heterocycles. The maximum atomic E-state index is 12.4. The summed E-state index contributed by atoms with van der Waals surface area (Å²) in [5.41, 5.74) is 1.13. The molecule has 1 aliphatic heterocycles. The van der Waals surface area contributed by atoms with Crippen LogP contribution < -0.4 is 5.32 Å². The summed E-state index contributed by atoms with van der Waals surface area (Å²) in [6.07, 6.45) is 2.56. The van der Waals surface area contributed by atoms with E-state index in [0.717, 1.165) is 35.6 Å². The summed E-state index contributed by atoms with van der Waals surface area (Å²) in [4.78, 5) is 14.3. The average molecular weight is 306 g/mol. The predicted molar refractivity (Wildman–Crippen MR) is 85.6 cm³/mol. The highest BCUT2D eigenvalue weighted by Gasteiger charge is 2.22. The van der Waals surface area contributed by atoms with Crippen molar-refractivity contribution < 1.29 is 4.79 Å². The third kappa shape index (κ3) is 3.06. The lowest BCUT2D eigenvalue weighted by atomic mass is 10.2. The first-order chi connectivity index (χ1) is 10.1. The molecule has 112 valence electrons. The number of carbonyl (C=O) groups is 1. The number of halogens is 1. The van der Waals surface area contributed by atoms with E-state index in [1.165, 1.54) is 0 Å². The Morgan fingerprint density at radius 3 is 3.10 bits per heavy atom. The summed E-state index contributed by atoms with van der Waals surface area (Å²) < 4.78 is 2.12. The molecule has 1 saturated heterocycles. The largest absolute Gasteiger partial charge is 0.347 e. The Labute approximate surface area is 129 Å². The second kappa shape index (κ2) is 6.08. The minimum atomic E-state index is 0.236. The molecule has 1 N–H and O–H groups in total. The number of aryl methyl sites for hydroxylation is 1. The second-order valence-electron chi connectivity index (χ2n) is 5.60. The number of benzene rings is 1. The van der Waals surface area contributed by atoms with Crippen molar-refractivity contribution in [1.29, 1.82) is 0 Å². The van der Waals surface area contributed by atoms with E-state index in [-0.39, 0.29) is 11.9 Å². The monoisotopic (exact) mass is 305 g/mol. The number of amides is 1. The van der Waals surface area contributed by atoms with E-state index in [0.29, 0.717) is 13.0 Å². The van der Waals surface area contributed by atoms with Gasteiger partial charge in [-0.3, -0.25) is 4.79 Å². The van der Waals surface area contributed by atoms with Crippen molar-refractivity contribution >= 4 is 28.4 Å². The first-order valence-electron chi connectivity index (χ1n) is 7.40. The highest BCUT2D eigenvalue weighted by Crippen LogP contribution is 2.21. The Kier molecular flexibility index (Phi) is 4.17. The van der Waals surface area contributed by atoms with Gasteiger partial charge in [0.25, 0.3) is 0 Å². The van der Waals surface area contributed by atoms with Gasteiger partial charge in [-0.1, -0.05) is 11.6 Å².